The van der Waals surface area contributed by atoms with E-state index in [0.29, 0.717) is 18.0 Å². The molecule has 0 spiro atoms. The number of likely N-dealkylation sites (N-methyl/N-ethyl adjacent to an activating group) is 1. The van der Waals surface area contributed by atoms with E-state index in [1.54, 1.807) is 14.2 Å². The van der Waals surface area contributed by atoms with Gasteiger partial charge in [0.1, 0.15) is 0 Å². The molecule has 0 fully saturated rings. The first kappa shape index (κ1) is 15.1. The van der Waals surface area contributed by atoms with Crippen molar-refractivity contribution in [3.05, 3.63) is 23.8 Å². The average Bonchev–Trinajstić information content (AvgIpc) is 2.37. The van der Waals surface area contributed by atoms with E-state index in [1.165, 1.54) is 0 Å². The monoisotopic (exact) mass is 266 g/mol. The van der Waals surface area contributed by atoms with Crippen molar-refractivity contribution >= 4 is 5.96 Å². The van der Waals surface area contributed by atoms with E-state index in [2.05, 4.69) is 4.99 Å². The fraction of sp³-hybridized carbons (Fsp3) is 0.462. The molecule has 1 aromatic carbocycles. The van der Waals surface area contributed by atoms with E-state index in [1.807, 2.05) is 37.2 Å². The smallest absolute Gasteiger partial charge is 0.185 e. The zero-order valence-corrected chi connectivity index (χ0v) is 11.9. The quantitative estimate of drug-likeness (QED) is 0.581. The van der Waals surface area contributed by atoms with Gasteiger partial charge in [-0.15, -0.1) is 0 Å². The number of rotatable bonds is 6. The first-order valence-electron chi connectivity index (χ1n) is 5.93. The zero-order chi connectivity index (χ0) is 14.4. The summed E-state index contributed by atoms with van der Waals surface area (Å²) in [6, 6.07) is 5.86. The van der Waals surface area contributed by atoms with Crippen molar-refractivity contribution in [1.29, 1.82) is 0 Å². The number of methoxy groups -OCH3 is 2. The average molecular weight is 266 g/mol. The normalized spacial score (nSPS) is 12.1. The lowest BCUT2D eigenvalue weighted by atomic mass is 10.1. The van der Waals surface area contributed by atoms with Crippen LogP contribution in [0.1, 0.15) is 11.6 Å². The van der Waals surface area contributed by atoms with E-state index < -0.39 is 0 Å². The van der Waals surface area contributed by atoms with Gasteiger partial charge in [-0.2, -0.15) is 0 Å². The van der Waals surface area contributed by atoms with Crippen LogP contribution in [0.4, 0.5) is 0 Å². The Labute approximate surface area is 114 Å². The molecule has 1 aromatic rings. The lowest BCUT2D eigenvalue weighted by Gasteiger charge is -2.24. The summed E-state index contributed by atoms with van der Waals surface area (Å²) in [4.78, 5) is 6.13. The van der Waals surface area contributed by atoms with Gasteiger partial charge in [0.05, 0.1) is 26.8 Å². The third-order valence-corrected chi connectivity index (χ3v) is 2.86. The largest absolute Gasteiger partial charge is 0.493 e. The molecule has 1 rings (SSSR count). The second kappa shape index (κ2) is 6.84. The first-order chi connectivity index (χ1) is 8.99. The molecule has 0 bridgehead atoms. The SMILES string of the molecule is COc1ccc(C(CN=C(N)N)N(C)C)cc1OC. The highest BCUT2D eigenvalue weighted by atomic mass is 16.5. The van der Waals surface area contributed by atoms with Crippen molar-refractivity contribution < 1.29 is 9.47 Å². The maximum absolute atomic E-state index is 5.39. The molecule has 6 nitrogen and oxygen atoms in total. The van der Waals surface area contributed by atoms with Crippen LogP contribution < -0.4 is 20.9 Å². The number of aliphatic imine (C=N–C) groups is 1. The summed E-state index contributed by atoms with van der Waals surface area (Å²) in [6.07, 6.45) is 0. The summed E-state index contributed by atoms with van der Waals surface area (Å²) in [5.41, 5.74) is 11.8. The molecule has 0 radical (unpaired) electrons. The van der Waals surface area contributed by atoms with Gasteiger partial charge < -0.3 is 25.8 Å². The second-order valence-electron chi connectivity index (χ2n) is 4.36. The van der Waals surface area contributed by atoms with Crippen LogP contribution in [-0.4, -0.2) is 45.7 Å². The topological polar surface area (TPSA) is 86.1 Å². The summed E-state index contributed by atoms with van der Waals surface area (Å²) in [7, 11) is 7.18. The van der Waals surface area contributed by atoms with E-state index in [4.69, 9.17) is 20.9 Å². The van der Waals surface area contributed by atoms with Gasteiger partial charge in [-0.05, 0) is 31.8 Å². The van der Waals surface area contributed by atoms with Crippen LogP contribution in [0.25, 0.3) is 0 Å². The van der Waals surface area contributed by atoms with Crippen LogP contribution in [0.15, 0.2) is 23.2 Å². The molecule has 0 saturated heterocycles. The molecule has 1 atom stereocenters. The summed E-state index contributed by atoms with van der Waals surface area (Å²) in [6.45, 7) is 0.491. The first-order valence-corrected chi connectivity index (χ1v) is 5.93. The Bertz CT molecular complexity index is 442. The molecule has 0 saturated carbocycles. The summed E-state index contributed by atoms with van der Waals surface area (Å²) < 4.78 is 10.5. The number of benzene rings is 1. The van der Waals surface area contributed by atoms with Gasteiger partial charge in [0, 0.05) is 0 Å². The predicted molar refractivity (Wildman–Crippen MR) is 76.7 cm³/mol. The Hall–Kier alpha value is -1.95. The Balaban J connectivity index is 3.06. The predicted octanol–water partition coefficient (Wildman–Crippen LogP) is 0.580. The van der Waals surface area contributed by atoms with Crippen molar-refractivity contribution in [3.63, 3.8) is 0 Å². The van der Waals surface area contributed by atoms with Crippen LogP contribution >= 0.6 is 0 Å². The lowest BCUT2D eigenvalue weighted by molar-refractivity contribution is 0.303. The minimum atomic E-state index is 0.0712. The highest BCUT2D eigenvalue weighted by molar-refractivity contribution is 5.75. The van der Waals surface area contributed by atoms with Crippen LogP contribution in [0.5, 0.6) is 11.5 Å². The van der Waals surface area contributed by atoms with Gasteiger partial charge in [0.25, 0.3) is 0 Å². The number of hydrogen-bond acceptors (Lipinski definition) is 4. The van der Waals surface area contributed by atoms with E-state index in [-0.39, 0.29) is 12.0 Å². The molecule has 0 heterocycles. The zero-order valence-electron chi connectivity index (χ0n) is 11.9. The molecule has 0 amide bonds. The van der Waals surface area contributed by atoms with E-state index in [9.17, 15) is 0 Å². The van der Waals surface area contributed by atoms with Crippen molar-refractivity contribution in [2.75, 3.05) is 34.9 Å². The molecule has 0 aliphatic carbocycles. The van der Waals surface area contributed by atoms with E-state index in [0.717, 1.165) is 5.56 Å². The summed E-state index contributed by atoms with van der Waals surface area (Å²) >= 11 is 0. The van der Waals surface area contributed by atoms with E-state index >= 15 is 0 Å². The van der Waals surface area contributed by atoms with Gasteiger partial charge in [-0.3, -0.25) is 4.99 Å². The van der Waals surface area contributed by atoms with Crippen molar-refractivity contribution in [1.82, 2.24) is 4.90 Å². The number of nitrogens with two attached hydrogens (primary N) is 2. The van der Waals surface area contributed by atoms with Crippen LogP contribution in [0.3, 0.4) is 0 Å². The molecular formula is C13H22N4O2. The minimum Gasteiger partial charge on any atom is -0.493 e. The molecule has 0 aromatic heterocycles. The minimum absolute atomic E-state index is 0.0712. The van der Waals surface area contributed by atoms with Crippen molar-refractivity contribution in [2.45, 2.75) is 6.04 Å². The number of guanidine groups is 1. The van der Waals surface area contributed by atoms with Crippen molar-refractivity contribution in [2.24, 2.45) is 16.5 Å². The van der Waals surface area contributed by atoms with Gasteiger partial charge in [0.2, 0.25) is 0 Å². The number of nitrogens with zero attached hydrogens (tertiary/aromatic N) is 2. The van der Waals surface area contributed by atoms with Gasteiger partial charge in [-0.25, -0.2) is 0 Å². The van der Waals surface area contributed by atoms with Crippen LogP contribution in [0, 0.1) is 0 Å². The highest BCUT2D eigenvalue weighted by Crippen LogP contribution is 2.31. The number of ether oxygens (including phenoxy) is 2. The van der Waals surface area contributed by atoms with Crippen molar-refractivity contribution in [3.8, 4) is 11.5 Å². The maximum Gasteiger partial charge on any atom is 0.185 e. The Morgan fingerprint density at radius 1 is 1.21 bits per heavy atom. The lowest BCUT2D eigenvalue weighted by Crippen LogP contribution is -2.27. The summed E-state index contributed by atoms with van der Waals surface area (Å²) in [5.74, 6) is 1.48. The maximum atomic E-state index is 5.39. The molecule has 106 valence electrons. The molecule has 0 aliphatic rings. The third-order valence-electron chi connectivity index (χ3n) is 2.86. The van der Waals surface area contributed by atoms with Gasteiger partial charge in [-0.1, -0.05) is 6.07 Å². The van der Waals surface area contributed by atoms with Gasteiger partial charge in [0.15, 0.2) is 17.5 Å². The molecule has 6 heteroatoms. The summed E-state index contributed by atoms with van der Waals surface area (Å²) in [5, 5.41) is 0. The number of hydrogen-bond donors (Lipinski definition) is 2. The third kappa shape index (κ3) is 4.03. The highest BCUT2D eigenvalue weighted by Gasteiger charge is 2.16. The standard InChI is InChI=1S/C13H22N4O2/c1-17(2)10(8-16-13(14)15)9-5-6-11(18-3)12(7-9)19-4/h5-7,10H,8H2,1-4H3,(H4,14,15,16). The van der Waals surface area contributed by atoms with Crippen LogP contribution in [-0.2, 0) is 0 Å². The fourth-order valence-corrected chi connectivity index (χ4v) is 1.82. The molecule has 19 heavy (non-hydrogen) atoms. The molecule has 0 aliphatic heterocycles. The second-order valence-corrected chi connectivity index (χ2v) is 4.36. The fourth-order valence-electron chi connectivity index (χ4n) is 1.82. The molecule has 1 unspecified atom stereocenters. The Morgan fingerprint density at radius 3 is 2.32 bits per heavy atom. The van der Waals surface area contributed by atoms with Crippen LogP contribution in [0.2, 0.25) is 0 Å². The molecule has 4 N–H and O–H groups in total. The Morgan fingerprint density at radius 2 is 1.84 bits per heavy atom. The van der Waals surface area contributed by atoms with Gasteiger partial charge >= 0.3 is 0 Å². The molecular weight excluding hydrogens is 244 g/mol. The Kier molecular flexibility index (Phi) is 5.44.